The van der Waals surface area contributed by atoms with Crippen LogP contribution >= 0.6 is 23.2 Å². The number of benzene rings is 2. The van der Waals surface area contributed by atoms with Crippen LogP contribution < -0.4 is 9.84 Å². The zero-order valence-electron chi connectivity index (χ0n) is 13.9. The Balaban J connectivity index is 1.82. The Morgan fingerprint density at radius 2 is 1.89 bits per heavy atom. The maximum Gasteiger partial charge on any atom is 0.124 e. The standard InChI is InChI=1S/C20H14Cl2FNO3/c21-16-2-4-19(27-11-13-1-3-17(23)8-18(13)22)14(7-16)5-12-6-15(20(25)26)10-24-9-12/h1-4,6-10H,5,11H2,(H,25,26)/p-1. The molecule has 2 aromatic carbocycles. The molecule has 0 amide bonds. The Morgan fingerprint density at radius 1 is 1.07 bits per heavy atom. The van der Waals surface area contributed by atoms with Gasteiger partial charge in [0.25, 0.3) is 0 Å². The Labute approximate surface area is 165 Å². The van der Waals surface area contributed by atoms with Crippen LogP contribution in [0.25, 0.3) is 0 Å². The van der Waals surface area contributed by atoms with E-state index in [2.05, 4.69) is 4.98 Å². The van der Waals surface area contributed by atoms with Gasteiger partial charge in [-0.2, -0.15) is 0 Å². The van der Waals surface area contributed by atoms with Gasteiger partial charge in [0.1, 0.15) is 18.2 Å². The van der Waals surface area contributed by atoms with Crippen LogP contribution in [0, 0.1) is 5.82 Å². The van der Waals surface area contributed by atoms with Crippen LogP contribution in [0.2, 0.25) is 10.0 Å². The van der Waals surface area contributed by atoms with Crippen LogP contribution in [0.3, 0.4) is 0 Å². The summed E-state index contributed by atoms with van der Waals surface area (Å²) in [6, 6.07) is 10.7. The number of ether oxygens (including phenoxy) is 1. The van der Waals surface area contributed by atoms with Crippen LogP contribution in [0.1, 0.15) is 27.0 Å². The van der Waals surface area contributed by atoms with Crippen LogP contribution in [-0.4, -0.2) is 11.0 Å². The minimum absolute atomic E-state index is 0.00455. The number of rotatable bonds is 6. The first kappa shape index (κ1) is 19.1. The Bertz CT molecular complexity index is 995. The highest BCUT2D eigenvalue weighted by molar-refractivity contribution is 6.31. The number of carboxylic acids is 1. The van der Waals surface area contributed by atoms with Crippen LogP contribution in [0.15, 0.2) is 54.9 Å². The minimum Gasteiger partial charge on any atom is -0.545 e. The van der Waals surface area contributed by atoms with Gasteiger partial charge in [-0.3, -0.25) is 4.98 Å². The molecule has 0 fully saturated rings. The molecule has 0 radical (unpaired) electrons. The van der Waals surface area contributed by atoms with Crippen molar-refractivity contribution in [3.8, 4) is 5.75 Å². The number of hydrogen-bond donors (Lipinski definition) is 0. The van der Waals surface area contributed by atoms with Crippen LogP contribution in [0.5, 0.6) is 5.75 Å². The highest BCUT2D eigenvalue weighted by atomic mass is 35.5. The van der Waals surface area contributed by atoms with E-state index in [4.69, 9.17) is 27.9 Å². The summed E-state index contributed by atoms with van der Waals surface area (Å²) in [6.45, 7) is 0.144. The van der Waals surface area contributed by atoms with Gasteiger partial charge in [0.05, 0.1) is 11.0 Å². The van der Waals surface area contributed by atoms with Crippen molar-refractivity contribution in [3.05, 3.63) is 93.0 Å². The largest absolute Gasteiger partial charge is 0.545 e. The van der Waals surface area contributed by atoms with Gasteiger partial charge in [-0.15, -0.1) is 0 Å². The first-order chi connectivity index (χ1) is 12.9. The summed E-state index contributed by atoms with van der Waals surface area (Å²) in [5.41, 5.74) is 2.05. The molecule has 4 nitrogen and oxygen atoms in total. The molecule has 3 rings (SSSR count). The molecule has 0 saturated heterocycles. The van der Waals surface area contributed by atoms with Crippen molar-refractivity contribution < 1.29 is 19.0 Å². The fourth-order valence-corrected chi connectivity index (χ4v) is 2.95. The molecule has 0 aliphatic rings. The number of halogens is 3. The maximum atomic E-state index is 13.2. The third-order valence-electron chi connectivity index (χ3n) is 3.85. The normalized spacial score (nSPS) is 10.6. The quantitative estimate of drug-likeness (QED) is 0.621. The third-order valence-corrected chi connectivity index (χ3v) is 4.43. The average molecular weight is 405 g/mol. The fourth-order valence-electron chi connectivity index (χ4n) is 2.54. The van der Waals surface area contributed by atoms with Crippen molar-refractivity contribution in [1.82, 2.24) is 4.98 Å². The van der Waals surface area contributed by atoms with E-state index < -0.39 is 11.8 Å². The lowest BCUT2D eigenvalue weighted by molar-refractivity contribution is -0.255. The third kappa shape index (κ3) is 4.96. The number of carbonyl (C=O) groups excluding carboxylic acids is 1. The number of aromatic carboxylic acids is 1. The minimum atomic E-state index is -1.29. The smallest absolute Gasteiger partial charge is 0.124 e. The van der Waals surface area contributed by atoms with Gasteiger partial charge < -0.3 is 14.6 Å². The summed E-state index contributed by atoms with van der Waals surface area (Å²) in [4.78, 5) is 14.9. The lowest BCUT2D eigenvalue weighted by Crippen LogP contribution is -2.22. The lowest BCUT2D eigenvalue weighted by Gasteiger charge is -2.13. The summed E-state index contributed by atoms with van der Waals surface area (Å²) in [5, 5.41) is 11.8. The first-order valence-electron chi connectivity index (χ1n) is 7.93. The molecule has 1 aromatic heterocycles. The zero-order chi connectivity index (χ0) is 19.4. The van der Waals surface area contributed by atoms with Gasteiger partial charge in [0.15, 0.2) is 0 Å². The predicted molar refractivity (Wildman–Crippen MR) is 98.6 cm³/mol. The van der Waals surface area contributed by atoms with E-state index in [1.807, 2.05) is 0 Å². The molecule has 0 aliphatic carbocycles. The number of nitrogens with zero attached hydrogens (tertiary/aromatic N) is 1. The lowest BCUT2D eigenvalue weighted by atomic mass is 10.0. The van der Waals surface area contributed by atoms with E-state index in [0.717, 1.165) is 5.56 Å². The molecule has 1 heterocycles. The Morgan fingerprint density at radius 3 is 2.63 bits per heavy atom. The Kier molecular flexibility index (Phi) is 5.94. The van der Waals surface area contributed by atoms with E-state index in [-0.39, 0.29) is 17.2 Å². The van der Waals surface area contributed by atoms with E-state index in [1.54, 1.807) is 30.5 Å². The molecule has 27 heavy (non-hydrogen) atoms. The molecular formula is C20H13Cl2FNO3-. The van der Waals surface area contributed by atoms with Gasteiger partial charge in [-0.05, 0) is 42.0 Å². The van der Waals surface area contributed by atoms with Crippen LogP contribution in [0.4, 0.5) is 4.39 Å². The van der Waals surface area contributed by atoms with E-state index >= 15 is 0 Å². The molecule has 0 saturated carbocycles. The molecule has 7 heteroatoms. The monoisotopic (exact) mass is 404 g/mol. The highest BCUT2D eigenvalue weighted by Crippen LogP contribution is 2.27. The van der Waals surface area contributed by atoms with Gasteiger partial charge in [0.2, 0.25) is 0 Å². The predicted octanol–water partition coefficient (Wildman–Crippen LogP) is 4.06. The number of pyridine rings is 1. The molecule has 138 valence electrons. The van der Waals surface area contributed by atoms with Crippen molar-refractivity contribution in [2.24, 2.45) is 0 Å². The number of hydrogen-bond acceptors (Lipinski definition) is 4. The van der Waals surface area contributed by atoms with E-state index in [1.165, 1.54) is 24.4 Å². The number of carboxylic acid groups (broad SMARTS) is 1. The summed E-state index contributed by atoms with van der Waals surface area (Å²) in [7, 11) is 0. The van der Waals surface area contributed by atoms with Crippen molar-refractivity contribution >= 4 is 29.2 Å². The van der Waals surface area contributed by atoms with Crippen molar-refractivity contribution in [2.45, 2.75) is 13.0 Å². The maximum absolute atomic E-state index is 13.2. The molecule has 0 bridgehead atoms. The van der Waals surface area contributed by atoms with Gasteiger partial charge in [-0.1, -0.05) is 29.3 Å². The number of carbonyl (C=O) groups is 1. The second kappa shape index (κ2) is 8.37. The molecule has 0 unspecified atom stereocenters. The average Bonchev–Trinajstić information content (AvgIpc) is 2.62. The number of aromatic nitrogens is 1. The molecule has 3 aromatic rings. The second-order valence-electron chi connectivity index (χ2n) is 5.82. The molecule has 0 atom stereocenters. The summed E-state index contributed by atoms with van der Waals surface area (Å²) < 4.78 is 19.0. The fraction of sp³-hybridized carbons (Fsp3) is 0.100. The highest BCUT2D eigenvalue weighted by Gasteiger charge is 2.09. The SMILES string of the molecule is O=C([O-])c1cncc(Cc2cc(Cl)ccc2OCc2ccc(F)cc2Cl)c1. The van der Waals surface area contributed by atoms with Gasteiger partial charge >= 0.3 is 0 Å². The molecule has 0 N–H and O–H groups in total. The van der Waals surface area contributed by atoms with Crippen molar-refractivity contribution in [1.29, 1.82) is 0 Å². The molecular weight excluding hydrogens is 392 g/mol. The molecule has 0 aliphatic heterocycles. The zero-order valence-corrected chi connectivity index (χ0v) is 15.4. The van der Waals surface area contributed by atoms with Crippen molar-refractivity contribution in [3.63, 3.8) is 0 Å². The van der Waals surface area contributed by atoms with E-state index in [9.17, 15) is 14.3 Å². The summed E-state index contributed by atoms with van der Waals surface area (Å²) >= 11 is 12.1. The van der Waals surface area contributed by atoms with Crippen molar-refractivity contribution in [2.75, 3.05) is 0 Å². The van der Waals surface area contributed by atoms with Gasteiger partial charge in [0, 0.05) is 40.5 Å². The topological polar surface area (TPSA) is 62.2 Å². The summed E-state index contributed by atoms with van der Waals surface area (Å²) in [6.07, 6.45) is 3.15. The first-order valence-corrected chi connectivity index (χ1v) is 8.68. The Hall–Kier alpha value is -2.63. The van der Waals surface area contributed by atoms with E-state index in [0.29, 0.717) is 28.3 Å². The molecule has 0 spiro atoms. The van der Waals surface area contributed by atoms with Crippen LogP contribution in [-0.2, 0) is 13.0 Å². The summed E-state index contributed by atoms with van der Waals surface area (Å²) in [5.74, 6) is -1.16. The van der Waals surface area contributed by atoms with Gasteiger partial charge in [-0.25, -0.2) is 4.39 Å². The second-order valence-corrected chi connectivity index (χ2v) is 6.67.